The quantitative estimate of drug-likeness (QED) is 0.669. The number of likely N-dealkylation sites (N-methyl/N-ethyl adjacent to an activating group) is 1. The molecule has 2 atom stereocenters. The van der Waals surface area contributed by atoms with Gasteiger partial charge in [-0.1, -0.05) is 43.3 Å². The largest absolute Gasteiger partial charge is 0.459 e. The van der Waals surface area contributed by atoms with E-state index in [0.717, 1.165) is 12.1 Å². The number of rotatable bonds is 7. The van der Waals surface area contributed by atoms with E-state index in [1.165, 1.54) is 10.7 Å². The molecule has 0 aromatic heterocycles. The summed E-state index contributed by atoms with van der Waals surface area (Å²) >= 11 is 0. The zero-order chi connectivity index (χ0) is 19.4. The molecule has 0 amide bonds. The third-order valence-electron chi connectivity index (χ3n) is 3.91. The average molecular weight is 387 g/mol. The molecular weight excluding hydrogens is 366 g/mol. The molecular formula is C18H21F3NO3P. The molecule has 1 N–H and O–H groups in total. The Bertz CT molecular complexity index is 768. The molecule has 0 saturated heterocycles. The van der Waals surface area contributed by atoms with Crippen LogP contribution in [0.1, 0.15) is 25.0 Å². The first-order chi connectivity index (χ1) is 12.1. The molecule has 0 aliphatic heterocycles. The van der Waals surface area contributed by atoms with Crippen LogP contribution in [-0.2, 0) is 17.2 Å². The van der Waals surface area contributed by atoms with Crippen LogP contribution in [0.25, 0.3) is 0 Å². The molecule has 0 radical (unpaired) electrons. The van der Waals surface area contributed by atoms with Crippen LogP contribution in [0, 0.1) is 0 Å². The van der Waals surface area contributed by atoms with Crippen LogP contribution < -0.4 is 4.52 Å². The minimum atomic E-state index is -4.42. The van der Waals surface area contributed by atoms with Crippen LogP contribution in [0.2, 0.25) is 0 Å². The summed E-state index contributed by atoms with van der Waals surface area (Å²) < 4.78 is 57.7. The van der Waals surface area contributed by atoms with Crippen molar-refractivity contribution in [1.82, 2.24) is 4.67 Å². The van der Waals surface area contributed by atoms with E-state index in [1.54, 1.807) is 50.2 Å². The van der Waals surface area contributed by atoms with E-state index in [0.29, 0.717) is 5.56 Å². The molecule has 2 aromatic rings. The van der Waals surface area contributed by atoms with Crippen LogP contribution in [0.15, 0.2) is 54.6 Å². The van der Waals surface area contributed by atoms with Gasteiger partial charge >= 0.3 is 13.9 Å². The van der Waals surface area contributed by atoms with Crippen LogP contribution in [0.4, 0.5) is 13.2 Å². The Labute approximate surface area is 150 Å². The number of alkyl halides is 3. The van der Waals surface area contributed by atoms with Gasteiger partial charge in [-0.2, -0.15) is 17.8 Å². The van der Waals surface area contributed by atoms with E-state index >= 15 is 0 Å². The third-order valence-corrected chi connectivity index (χ3v) is 5.69. The number of hydrogen-bond donors (Lipinski definition) is 1. The molecule has 4 nitrogen and oxygen atoms in total. The summed E-state index contributed by atoms with van der Waals surface area (Å²) in [6.07, 6.45) is -4.24. The molecule has 0 aliphatic rings. The molecule has 0 bridgehead atoms. The van der Waals surface area contributed by atoms with Gasteiger partial charge in [0, 0.05) is 12.6 Å². The molecule has 2 rings (SSSR count). The Kier molecular flexibility index (Phi) is 6.50. The van der Waals surface area contributed by atoms with Crippen molar-refractivity contribution in [2.45, 2.75) is 32.5 Å². The normalized spacial score (nSPS) is 15.5. The van der Waals surface area contributed by atoms with Crippen molar-refractivity contribution in [3.63, 3.8) is 0 Å². The summed E-state index contributed by atoms with van der Waals surface area (Å²) in [6.45, 7) is 3.58. The fourth-order valence-corrected chi connectivity index (χ4v) is 4.17. The first-order valence-electron chi connectivity index (χ1n) is 8.14. The Morgan fingerprint density at radius 1 is 1.15 bits per heavy atom. The van der Waals surface area contributed by atoms with E-state index in [2.05, 4.69) is 0 Å². The smallest absolute Gasteiger partial charge is 0.413 e. The highest BCUT2D eigenvalue weighted by Crippen LogP contribution is 2.48. The van der Waals surface area contributed by atoms with Gasteiger partial charge in [-0.3, -0.25) is 0 Å². The SMILES string of the molecule is CCN(C(C)Cc1cccc(C(F)(F)F)c1)P(=O)(O)Oc1ccccc1. The number of halogens is 3. The van der Waals surface area contributed by atoms with Crippen molar-refractivity contribution >= 4 is 7.75 Å². The fraction of sp³-hybridized carbons (Fsp3) is 0.333. The van der Waals surface area contributed by atoms with Crippen LogP contribution >= 0.6 is 7.75 Å². The molecule has 2 unspecified atom stereocenters. The molecule has 0 saturated carbocycles. The second kappa shape index (κ2) is 8.25. The minimum Gasteiger partial charge on any atom is -0.413 e. The lowest BCUT2D eigenvalue weighted by Gasteiger charge is -2.31. The highest BCUT2D eigenvalue weighted by molar-refractivity contribution is 7.50. The second-order valence-corrected chi connectivity index (χ2v) is 7.58. The van der Waals surface area contributed by atoms with E-state index in [9.17, 15) is 22.6 Å². The molecule has 0 heterocycles. The van der Waals surface area contributed by atoms with E-state index < -0.39 is 25.5 Å². The molecule has 8 heteroatoms. The maximum absolute atomic E-state index is 12.8. The second-order valence-electron chi connectivity index (χ2n) is 5.90. The van der Waals surface area contributed by atoms with E-state index in [4.69, 9.17) is 4.52 Å². The van der Waals surface area contributed by atoms with Gasteiger partial charge in [-0.25, -0.2) is 4.57 Å². The molecule has 2 aromatic carbocycles. The number of hydrogen-bond acceptors (Lipinski definition) is 2. The molecule has 26 heavy (non-hydrogen) atoms. The minimum absolute atomic E-state index is 0.181. The Morgan fingerprint density at radius 3 is 2.38 bits per heavy atom. The molecule has 0 aliphatic carbocycles. The summed E-state index contributed by atoms with van der Waals surface area (Å²) in [6, 6.07) is 12.7. The van der Waals surface area contributed by atoms with Crippen molar-refractivity contribution < 1.29 is 27.2 Å². The van der Waals surface area contributed by atoms with Crippen LogP contribution in [0.5, 0.6) is 5.75 Å². The van der Waals surface area contributed by atoms with Crippen LogP contribution in [-0.4, -0.2) is 22.2 Å². The van der Waals surface area contributed by atoms with Crippen molar-refractivity contribution in [1.29, 1.82) is 0 Å². The van der Waals surface area contributed by atoms with Gasteiger partial charge in [0.15, 0.2) is 0 Å². The molecule has 0 spiro atoms. The topological polar surface area (TPSA) is 49.8 Å². The zero-order valence-corrected chi connectivity index (χ0v) is 15.4. The van der Waals surface area contributed by atoms with Crippen molar-refractivity contribution in [2.75, 3.05) is 6.54 Å². The number of para-hydroxylation sites is 1. The maximum atomic E-state index is 12.8. The average Bonchev–Trinajstić information content (AvgIpc) is 2.55. The predicted octanol–water partition coefficient (Wildman–Crippen LogP) is 5.14. The van der Waals surface area contributed by atoms with Crippen molar-refractivity contribution in [3.8, 4) is 5.75 Å². The zero-order valence-electron chi connectivity index (χ0n) is 14.5. The fourth-order valence-electron chi connectivity index (χ4n) is 2.73. The molecule has 0 fully saturated rings. The first kappa shape index (κ1) is 20.5. The van der Waals surface area contributed by atoms with Gasteiger partial charge in [-0.15, -0.1) is 0 Å². The lowest BCUT2D eigenvalue weighted by atomic mass is 10.0. The number of nitrogens with zero attached hydrogens (tertiary/aromatic N) is 1. The monoisotopic (exact) mass is 387 g/mol. The number of benzene rings is 2. The summed E-state index contributed by atoms with van der Waals surface area (Å²) in [5.41, 5.74) is -0.302. The first-order valence-corrected chi connectivity index (χ1v) is 9.67. The lowest BCUT2D eigenvalue weighted by Crippen LogP contribution is -2.33. The summed E-state index contributed by atoms with van der Waals surface area (Å²) in [5, 5.41) is 0. The highest BCUT2D eigenvalue weighted by Gasteiger charge is 2.35. The maximum Gasteiger partial charge on any atom is 0.459 e. The van der Waals surface area contributed by atoms with Gasteiger partial charge in [-0.05, 0) is 37.1 Å². The van der Waals surface area contributed by atoms with Crippen molar-refractivity contribution in [3.05, 3.63) is 65.7 Å². The van der Waals surface area contributed by atoms with Gasteiger partial charge in [0.25, 0.3) is 0 Å². The summed E-state index contributed by atoms with van der Waals surface area (Å²) in [4.78, 5) is 10.3. The van der Waals surface area contributed by atoms with Crippen LogP contribution in [0.3, 0.4) is 0 Å². The van der Waals surface area contributed by atoms with E-state index in [1.807, 2.05) is 0 Å². The van der Waals surface area contributed by atoms with Gasteiger partial charge in [0.1, 0.15) is 5.75 Å². The predicted molar refractivity (Wildman–Crippen MR) is 93.9 cm³/mol. The standard InChI is InChI=1S/C18H21F3NO3P/c1-3-22(26(23,24)25-17-10-5-4-6-11-17)14(2)12-15-8-7-9-16(13-15)18(19,20)21/h4-11,13-14H,3,12H2,1-2H3,(H,23,24). The van der Waals surface area contributed by atoms with E-state index in [-0.39, 0.29) is 18.7 Å². The lowest BCUT2D eigenvalue weighted by molar-refractivity contribution is -0.137. The Balaban J connectivity index is 2.15. The summed E-state index contributed by atoms with van der Waals surface area (Å²) in [7, 11) is -4.15. The Hall–Kier alpha value is -1.82. The van der Waals surface area contributed by atoms with Crippen molar-refractivity contribution in [2.24, 2.45) is 0 Å². The molecule has 142 valence electrons. The highest BCUT2D eigenvalue weighted by atomic mass is 31.2. The van der Waals surface area contributed by atoms with Gasteiger partial charge in [0.2, 0.25) is 0 Å². The Morgan fingerprint density at radius 2 is 1.81 bits per heavy atom. The summed E-state index contributed by atoms with van der Waals surface area (Å²) in [5.74, 6) is 0.253. The van der Waals surface area contributed by atoms with Gasteiger partial charge < -0.3 is 9.42 Å². The van der Waals surface area contributed by atoms with Gasteiger partial charge in [0.05, 0.1) is 5.56 Å². The third kappa shape index (κ3) is 5.34.